The van der Waals surface area contributed by atoms with Crippen LogP contribution < -0.4 is 4.74 Å². The van der Waals surface area contributed by atoms with Crippen molar-refractivity contribution in [1.82, 2.24) is 9.55 Å². The Hall–Kier alpha value is -1.77. The predicted octanol–water partition coefficient (Wildman–Crippen LogP) is 4.45. The van der Waals surface area contributed by atoms with E-state index in [1.165, 1.54) is 36.0 Å². The molecule has 114 valence electrons. The highest BCUT2D eigenvalue weighted by Gasteiger charge is 2.04. The summed E-state index contributed by atoms with van der Waals surface area (Å²) in [6, 6.07) is 4.38. The Morgan fingerprint density at radius 3 is 2.38 bits per heavy atom. The summed E-state index contributed by atoms with van der Waals surface area (Å²) < 4.78 is 8.09. The Morgan fingerprint density at radius 1 is 1.00 bits per heavy atom. The van der Waals surface area contributed by atoms with Crippen LogP contribution in [0.4, 0.5) is 0 Å². The summed E-state index contributed by atoms with van der Waals surface area (Å²) in [6.07, 6.45) is 10.5. The van der Waals surface area contributed by atoms with Crippen LogP contribution in [0.3, 0.4) is 0 Å². The van der Waals surface area contributed by atoms with Crippen molar-refractivity contribution in [2.75, 3.05) is 6.61 Å². The summed E-state index contributed by atoms with van der Waals surface area (Å²) in [7, 11) is 0. The molecule has 0 fully saturated rings. The van der Waals surface area contributed by atoms with Crippen molar-refractivity contribution < 1.29 is 4.74 Å². The molecular formula is C18H26N2O. The fraction of sp³-hybridized carbons (Fsp3) is 0.500. The minimum atomic E-state index is 0.815. The van der Waals surface area contributed by atoms with Gasteiger partial charge in [0.2, 0.25) is 0 Å². The van der Waals surface area contributed by atoms with E-state index >= 15 is 0 Å². The standard InChI is InChI=1S/C18H26N2O/c1-15-12-16(2)18(17(3)13-15)21-11-7-5-4-6-9-20-10-8-19-14-20/h8,10,12-14H,4-7,9,11H2,1-3H3. The van der Waals surface area contributed by atoms with E-state index in [4.69, 9.17) is 4.74 Å². The van der Waals surface area contributed by atoms with Crippen LogP contribution >= 0.6 is 0 Å². The number of aryl methyl sites for hydroxylation is 4. The van der Waals surface area contributed by atoms with Gasteiger partial charge in [-0.25, -0.2) is 4.98 Å². The lowest BCUT2D eigenvalue weighted by Crippen LogP contribution is -2.01. The fourth-order valence-corrected chi connectivity index (χ4v) is 2.74. The van der Waals surface area contributed by atoms with Crippen molar-refractivity contribution in [3.05, 3.63) is 47.5 Å². The molecule has 0 radical (unpaired) electrons. The average Bonchev–Trinajstić information content (AvgIpc) is 2.93. The first-order valence-corrected chi connectivity index (χ1v) is 7.83. The molecule has 0 spiro atoms. The maximum absolute atomic E-state index is 5.96. The number of unbranched alkanes of at least 4 members (excludes halogenated alkanes) is 3. The molecule has 0 unspecified atom stereocenters. The summed E-state index contributed by atoms with van der Waals surface area (Å²) in [5.41, 5.74) is 3.79. The Kier molecular flexibility index (Phi) is 5.85. The van der Waals surface area contributed by atoms with Gasteiger partial charge in [-0.3, -0.25) is 0 Å². The fourth-order valence-electron chi connectivity index (χ4n) is 2.74. The molecule has 0 bridgehead atoms. The average molecular weight is 286 g/mol. The molecule has 1 aromatic heterocycles. The minimum Gasteiger partial charge on any atom is -0.493 e. The molecule has 0 saturated carbocycles. The molecule has 0 aliphatic carbocycles. The first kappa shape index (κ1) is 15.6. The molecule has 21 heavy (non-hydrogen) atoms. The summed E-state index contributed by atoms with van der Waals surface area (Å²) in [5, 5.41) is 0. The van der Waals surface area contributed by atoms with Crippen LogP contribution in [0.25, 0.3) is 0 Å². The van der Waals surface area contributed by atoms with Crippen molar-refractivity contribution in [2.24, 2.45) is 0 Å². The number of nitrogens with zero attached hydrogens (tertiary/aromatic N) is 2. The molecule has 1 aromatic carbocycles. The monoisotopic (exact) mass is 286 g/mol. The highest BCUT2D eigenvalue weighted by molar-refractivity contribution is 5.42. The number of imidazole rings is 1. The van der Waals surface area contributed by atoms with E-state index in [0.717, 1.165) is 25.3 Å². The Balaban J connectivity index is 1.62. The second kappa shape index (κ2) is 7.87. The van der Waals surface area contributed by atoms with Crippen LogP contribution in [0.2, 0.25) is 0 Å². The van der Waals surface area contributed by atoms with Gasteiger partial charge in [0.15, 0.2) is 0 Å². The summed E-state index contributed by atoms with van der Waals surface area (Å²) in [5.74, 6) is 1.07. The van der Waals surface area contributed by atoms with E-state index in [1.54, 1.807) is 0 Å². The highest BCUT2D eigenvalue weighted by atomic mass is 16.5. The summed E-state index contributed by atoms with van der Waals surface area (Å²) >= 11 is 0. The van der Waals surface area contributed by atoms with Gasteiger partial charge in [-0.1, -0.05) is 30.5 Å². The van der Waals surface area contributed by atoms with Crippen molar-refractivity contribution in [2.45, 2.75) is 53.0 Å². The first-order valence-electron chi connectivity index (χ1n) is 7.83. The Bertz CT molecular complexity index is 523. The predicted molar refractivity (Wildman–Crippen MR) is 86.8 cm³/mol. The molecule has 0 aliphatic heterocycles. The SMILES string of the molecule is Cc1cc(C)c(OCCCCCCn2ccnc2)c(C)c1. The first-order chi connectivity index (χ1) is 10.2. The van der Waals surface area contributed by atoms with E-state index in [2.05, 4.69) is 42.5 Å². The smallest absolute Gasteiger partial charge is 0.125 e. The molecule has 0 atom stereocenters. The lowest BCUT2D eigenvalue weighted by molar-refractivity contribution is 0.300. The normalized spacial score (nSPS) is 10.8. The van der Waals surface area contributed by atoms with Crippen molar-refractivity contribution >= 4 is 0 Å². The van der Waals surface area contributed by atoms with Gasteiger partial charge in [-0.05, 0) is 44.7 Å². The summed E-state index contributed by atoms with van der Waals surface area (Å²) in [6.45, 7) is 8.26. The van der Waals surface area contributed by atoms with Gasteiger partial charge in [-0.2, -0.15) is 0 Å². The van der Waals surface area contributed by atoms with Crippen molar-refractivity contribution in [3.8, 4) is 5.75 Å². The van der Waals surface area contributed by atoms with Gasteiger partial charge < -0.3 is 9.30 Å². The molecular weight excluding hydrogens is 260 g/mol. The molecule has 3 nitrogen and oxygen atoms in total. The number of hydrogen-bond donors (Lipinski definition) is 0. The molecule has 0 aliphatic rings. The van der Waals surface area contributed by atoms with Crippen LogP contribution in [-0.2, 0) is 6.54 Å². The Morgan fingerprint density at radius 2 is 1.71 bits per heavy atom. The van der Waals surface area contributed by atoms with Gasteiger partial charge in [0.05, 0.1) is 12.9 Å². The Labute approximate surface area is 128 Å². The maximum atomic E-state index is 5.96. The van der Waals surface area contributed by atoms with Gasteiger partial charge in [0.25, 0.3) is 0 Å². The van der Waals surface area contributed by atoms with E-state index in [9.17, 15) is 0 Å². The zero-order chi connectivity index (χ0) is 15.1. The van der Waals surface area contributed by atoms with Gasteiger partial charge in [0.1, 0.15) is 5.75 Å². The molecule has 0 amide bonds. The van der Waals surface area contributed by atoms with Crippen molar-refractivity contribution in [3.63, 3.8) is 0 Å². The molecule has 2 rings (SSSR count). The number of rotatable bonds is 8. The third kappa shape index (κ3) is 4.92. The topological polar surface area (TPSA) is 27.1 Å². The minimum absolute atomic E-state index is 0.815. The quantitative estimate of drug-likeness (QED) is 0.670. The molecule has 0 N–H and O–H groups in total. The lowest BCUT2D eigenvalue weighted by atomic mass is 10.1. The third-order valence-corrected chi connectivity index (χ3v) is 3.72. The number of ether oxygens (including phenoxy) is 1. The molecule has 2 aromatic rings. The maximum Gasteiger partial charge on any atom is 0.125 e. The number of aromatic nitrogens is 2. The zero-order valence-corrected chi connectivity index (χ0v) is 13.4. The highest BCUT2D eigenvalue weighted by Crippen LogP contribution is 2.24. The molecule has 0 saturated heterocycles. The van der Waals surface area contributed by atoms with Crippen LogP contribution in [0.5, 0.6) is 5.75 Å². The van der Waals surface area contributed by atoms with Gasteiger partial charge >= 0.3 is 0 Å². The second-order valence-electron chi connectivity index (χ2n) is 5.79. The van der Waals surface area contributed by atoms with Gasteiger partial charge in [-0.15, -0.1) is 0 Å². The lowest BCUT2D eigenvalue weighted by Gasteiger charge is -2.13. The second-order valence-corrected chi connectivity index (χ2v) is 5.79. The van der Waals surface area contributed by atoms with E-state index in [-0.39, 0.29) is 0 Å². The van der Waals surface area contributed by atoms with Crippen molar-refractivity contribution in [1.29, 1.82) is 0 Å². The molecule has 3 heteroatoms. The van der Waals surface area contributed by atoms with Crippen LogP contribution in [0, 0.1) is 20.8 Å². The zero-order valence-electron chi connectivity index (χ0n) is 13.4. The van der Waals surface area contributed by atoms with E-state index < -0.39 is 0 Å². The largest absolute Gasteiger partial charge is 0.493 e. The third-order valence-electron chi connectivity index (χ3n) is 3.72. The summed E-state index contributed by atoms with van der Waals surface area (Å²) in [4.78, 5) is 4.05. The number of benzene rings is 1. The molecule has 1 heterocycles. The van der Waals surface area contributed by atoms with Crippen LogP contribution in [0.1, 0.15) is 42.4 Å². The van der Waals surface area contributed by atoms with Gasteiger partial charge in [0, 0.05) is 18.9 Å². The van der Waals surface area contributed by atoms with E-state index in [1.807, 2.05) is 18.7 Å². The van der Waals surface area contributed by atoms with Crippen LogP contribution in [0.15, 0.2) is 30.9 Å². The van der Waals surface area contributed by atoms with E-state index in [0.29, 0.717) is 0 Å². The number of hydrogen-bond acceptors (Lipinski definition) is 2. The van der Waals surface area contributed by atoms with Crippen LogP contribution in [-0.4, -0.2) is 16.2 Å².